The van der Waals surface area contributed by atoms with Crippen molar-refractivity contribution < 1.29 is 23.7 Å². The highest BCUT2D eigenvalue weighted by molar-refractivity contribution is 5.98. The van der Waals surface area contributed by atoms with Crippen molar-refractivity contribution in [3.8, 4) is 23.0 Å². The molecule has 0 amide bonds. The van der Waals surface area contributed by atoms with E-state index in [9.17, 15) is 4.79 Å². The van der Waals surface area contributed by atoms with Gasteiger partial charge in [0.25, 0.3) is 0 Å². The fourth-order valence-electron chi connectivity index (χ4n) is 5.33. The van der Waals surface area contributed by atoms with E-state index in [1.165, 1.54) is 5.56 Å². The standard InChI is InChI=1S/C28H30N4O5/c1-34-24-6-4-19(14-26(24)35-2)20-12-22-21(23(33)13-20)15-29-28(30-22)32-9-7-31(8-10-32)16-18-3-5-25-27(11-18)37-17-36-25/h3-6,11,14-15,20H,7-10,12-13,16-17H2,1-2H3. The van der Waals surface area contributed by atoms with Crippen molar-refractivity contribution >= 4 is 11.7 Å². The van der Waals surface area contributed by atoms with Gasteiger partial charge in [0.15, 0.2) is 28.8 Å². The summed E-state index contributed by atoms with van der Waals surface area (Å²) in [6, 6.07) is 12.0. The van der Waals surface area contributed by atoms with Gasteiger partial charge in [-0.25, -0.2) is 9.97 Å². The van der Waals surface area contributed by atoms with E-state index in [0.717, 1.165) is 55.5 Å². The fraction of sp³-hybridized carbons (Fsp3) is 0.393. The van der Waals surface area contributed by atoms with Crippen LogP contribution in [-0.4, -0.2) is 67.8 Å². The monoisotopic (exact) mass is 502 g/mol. The minimum Gasteiger partial charge on any atom is -0.493 e. The summed E-state index contributed by atoms with van der Waals surface area (Å²) >= 11 is 0. The lowest BCUT2D eigenvalue weighted by Gasteiger charge is -2.35. The lowest BCUT2D eigenvalue weighted by molar-refractivity contribution is 0.0962. The number of hydrogen-bond acceptors (Lipinski definition) is 9. The Morgan fingerprint density at radius 2 is 1.76 bits per heavy atom. The maximum absolute atomic E-state index is 12.9. The van der Waals surface area contributed by atoms with Gasteiger partial charge in [0, 0.05) is 45.3 Å². The Morgan fingerprint density at radius 1 is 0.946 bits per heavy atom. The number of Topliss-reactive ketones (excluding diaryl/α,β-unsaturated/α-hetero) is 1. The van der Waals surface area contributed by atoms with Crippen molar-refractivity contribution in [3.05, 3.63) is 65.0 Å². The molecule has 2 aromatic carbocycles. The largest absolute Gasteiger partial charge is 0.493 e. The summed E-state index contributed by atoms with van der Waals surface area (Å²) in [5.41, 5.74) is 3.72. The summed E-state index contributed by atoms with van der Waals surface area (Å²) in [4.78, 5) is 27.0. The molecule has 9 nitrogen and oxygen atoms in total. The zero-order valence-corrected chi connectivity index (χ0v) is 21.1. The Labute approximate surface area is 215 Å². The second kappa shape index (κ2) is 9.89. The Morgan fingerprint density at radius 3 is 2.57 bits per heavy atom. The lowest BCUT2D eigenvalue weighted by atomic mass is 9.82. The average Bonchev–Trinajstić information content (AvgIpc) is 3.41. The molecule has 3 heterocycles. The lowest BCUT2D eigenvalue weighted by Crippen LogP contribution is -2.46. The molecule has 0 N–H and O–H groups in total. The highest BCUT2D eigenvalue weighted by Crippen LogP contribution is 2.37. The summed E-state index contributed by atoms with van der Waals surface area (Å²) in [5, 5.41) is 0. The van der Waals surface area contributed by atoms with Crippen LogP contribution in [0.15, 0.2) is 42.6 Å². The molecule has 192 valence electrons. The summed E-state index contributed by atoms with van der Waals surface area (Å²) in [6.07, 6.45) is 2.84. The zero-order chi connectivity index (χ0) is 25.4. The Balaban J connectivity index is 1.13. The van der Waals surface area contributed by atoms with Crippen LogP contribution >= 0.6 is 0 Å². The van der Waals surface area contributed by atoms with Gasteiger partial charge in [0.1, 0.15) is 0 Å². The first kappa shape index (κ1) is 23.5. The minimum atomic E-state index is 0.0427. The first-order chi connectivity index (χ1) is 18.1. The zero-order valence-electron chi connectivity index (χ0n) is 21.1. The molecule has 1 unspecified atom stereocenters. The van der Waals surface area contributed by atoms with Crippen LogP contribution in [0.1, 0.15) is 39.5 Å². The molecule has 9 heteroatoms. The fourth-order valence-corrected chi connectivity index (χ4v) is 5.33. The molecule has 0 bridgehead atoms. The summed E-state index contributed by atoms with van der Waals surface area (Å²) in [6.45, 7) is 4.62. The maximum atomic E-state index is 12.9. The highest BCUT2D eigenvalue weighted by atomic mass is 16.7. The van der Waals surface area contributed by atoms with E-state index >= 15 is 0 Å². The smallest absolute Gasteiger partial charge is 0.231 e. The maximum Gasteiger partial charge on any atom is 0.231 e. The SMILES string of the molecule is COc1ccc(C2CC(=O)c3cnc(N4CCN(Cc5ccc6c(c5)OCO6)CC4)nc3C2)cc1OC. The number of ketones is 1. The van der Waals surface area contributed by atoms with Gasteiger partial charge in [-0.05, 0) is 47.7 Å². The van der Waals surface area contributed by atoms with Crippen LogP contribution < -0.4 is 23.8 Å². The van der Waals surface area contributed by atoms with Crippen LogP contribution in [0.3, 0.4) is 0 Å². The van der Waals surface area contributed by atoms with Gasteiger partial charge >= 0.3 is 0 Å². The van der Waals surface area contributed by atoms with Crippen molar-refractivity contribution in [3.63, 3.8) is 0 Å². The molecule has 0 saturated carbocycles. The van der Waals surface area contributed by atoms with Crippen molar-refractivity contribution in [2.24, 2.45) is 0 Å². The molecule has 3 aliphatic rings. The van der Waals surface area contributed by atoms with Crippen LogP contribution in [0.25, 0.3) is 0 Å². The topological polar surface area (TPSA) is 86.3 Å². The number of rotatable bonds is 6. The molecular weight excluding hydrogens is 472 g/mol. The van der Waals surface area contributed by atoms with Gasteiger partial charge in [-0.3, -0.25) is 9.69 Å². The molecule has 1 aromatic heterocycles. The third-order valence-electron chi connectivity index (χ3n) is 7.40. The predicted octanol–water partition coefficient (Wildman–Crippen LogP) is 3.46. The normalized spacial score (nSPS) is 19.0. The van der Waals surface area contributed by atoms with Gasteiger partial charge < -0.3 is 23.8 Å². The van der Waals surface area contributed by atoms with E-state index in [-0.39, 0.29) is 11.7 Å². The Hall–Kier alpha value is -3.85. The van der Waals surface area contributed by atoms with E-state index < -0.39 is 0 Å². The quantitative estimate of drug-likeness (QED) is 0.503. The second-order valence-corrected chi connectivity index (χ2v) is 9.62. The average molecular weight is 503 g/mol. The van der Waals surface area contributed by atoms with Crippen LogP contribution in [0.2, 0.25) is 0 Å². The van der Waals surface area contributed by atoms with Crippen LogP contribution in [-0.2, 0) is 13.0 Å². The number of nitrogens with zero attached hydrogens (tertiary/aromatic N) is 4. The van der Waals surface area contributed by atoms with Gasteiger partial charge in [0.05, 0.1) is 25.5 Å². The van der Waals surface area contributed by atoms with E-state index in [1.54, 1.807) is 20.4 Å². The second-order valence-electron chi connectivity index (χ2n) is 9.62. The first-order valence-electron chi connectivity index (χ1n) is 12.6. The molecular formula is C28H30N4O5. The molecule has 0 radical (unpaired) electrons. The molecule has 1 saturated heterocycles. The molecule has 3 aromatic rings. The Kier molecular flexibility index (Phi) is 6.30. The number of piperazine rings is 1. The summed E-state index contributed by atoms with van der Waals surface area (Å²) in [5.74, 6) is 3.80. The summed E-state index contributed by atoms with van der Waals surface area (Å²) in [7, 11) is 3.24. The number of fused-ring (bicyclic) bond motifs is 2. The van der Waals surface area contributed by atoms with E-state index in [1.807, 2.05) is 24.3 Å². The van der Waals surface area contributed by atoms with Crippen molar-refractivity contribution in [1.29, 1.82) is 0 Å². The van der Waals surface area contributed by atoms with E-state index in [4.69, 9.17) is 23.9 Å². The molecule has 1 aliphatic carbocycles. The number of carbonyl (C=O) groups excluding carboxylic acids is 1. The highest BCUT2D eigenvalue weighted by Gasteiger charge is 2.30. The van der Waals surface area contributed by atoms with Crippen molar-refractivity contribution in [2.75, 3.05) is 52.1 Å². The Bertz CT molecular complexity index is 1320. The van der Waals surface area contributed by atoms with Crippen LogP contribution in [0, 0.1) is 0 Å². The van der Waals surface area contributed by atoms with Gasteiger partial charge in [-0.2, -0.15) is 0 Å². The molecule has 6 rings (SSSR count). The number of hydrogen-bond donors (Lipinski definition) is 0. The van der Waals surface area contributed by atoms with Crippen LogP contribution in [0.5, 0.6) is 23.0 Å². The summed E-state index contributed by atoms with van der Waals surface area (Å²) < 4.78 is 21.8. The predicted molar refractivity (Wildman–Crippen MR) is 137 cm³/mol. The minimum absolute atomic E-state index is 0.0427. The van der Waals surface area contributed by atoms with Gasteiger partial charge in [-0.15, -0.1) is 0 Å². The number of ether oxygens (including phenoxy) is 4. The molecule has 37 heavy (non-hydrogen) atoms. The molecule has 1 atom stereocenters. The van der Waals surface area contributed by atoms with Crippen molar-refractivity contribution in [1.82, 2.24) is 14.9 Å². The number of benzene rings is 2. The number of carbonyl (C=O) groups is 1. The van der Waals surface area contributed by atoms with Gasteiger partial charge in [-0.1, -0.05) is 12.1 Å². The first-order valence-corrected chi connectivity index (χ1v) is 12.6. The number of methoxy groups -OCH3 is 2. The van der Waals surface area contributed by atoms with Gasteiger partial charge in [0.2, 0.25) is 12.7 Å². The molecule has 1 fully saturated rings. The molecule has 2 aliphatic heterocycles. The molecule has 0 spiro atoms. The number of aromatic nitrogens is 2. The third-order valence-corrected chi connectivity index (χ3v) is 7.40. The van der Waals surface area contributed by atoms with Crippen molar-refractivity contribution in [2.45, 2.75) is 25.3 Å². The third kappa shape index (κ3) is 4.67. The van der Waals surface area contributed by atoms with E-state index in [0.29, 0.717) is 42.6 Å². The van der Waals surface area contributed by atoms with E-state index in [2.05, 4.69) is 26.9 Å². The number of anilines is 1. The van der Waals surface area contributed by atoms with Crippen LogP contribution in [0.4, 0.5) is 5.95 Å².